The number of amides is 1. The van der Waals surface area contributed by atoms with E-state index in [0.29, 0.717) is 11.5 Å². The average molecular weight is 293 g/mol. The molecule has 2 N–H and O–H groups in total. The molecule has 6 nitrogen and oxygen atoms in total. The minimum atomic E-state index is -1.08. The molecule has 6 heteroatoms. The molecule has 0 saturated heterocycles. The summed E-state index contributed by atoms with van der Waals surface area (Å²) >= 11 is 0. The molecule has 0 bridgehead atoms. The summed E-state index contributed by atoms with van der Waals surface area (Å²) in [6.45, 7) is 5.30. The molecule has 1 aromatic rings. The van der Waals surface area contributed by atoms with Gasteiger partial charge in [0.25, 0.3) is 5.91 Å². The fourth-order valence-electron chi connectivity index (χ4n) is 2.03. The first-order chi connectivity index (χ1) is 9.79. The van der Waals surface area contributed by atoms with Gasteiger partial charge in [-0.15, -0.1) is 0 Å². The Morgan fingerprint density at radius 1 is 1.29 bits per heavy atom. The van der Waals surface area contributed by atoms with Crippen LogP contribution < -0.4 is 14.8 Å². The Bertz CT molecular complexity index is 549. The molecule has 0 aromatic heterocycles. The summed E-state index contributed by atoms with van der Waals surface area (Å²) < 4.78 is 11.0. The van der Waals surface area contributed by atoms with Crippen molar-refractivity contribution in [2.24, 2.45) is 5.41 Å². The van der Waals surface area contributed by atoms with Crippen molar-refractivity contribution in [3.63, 3.8) is 0 Å². The molecule has 1 amide bonds. The lowest BCUT2D eigenvalue weighted by Crippen LogP contribution is -2.54. The van der Waals surface area contributed by atoms with Crippen LogP contribution in [0.15, 0.2) is 24.3 Å². The van der Waals surface area contributed by atoms with E-state index in [9.17, 15) is 14.7 Å². The monoisotopic (exact) mass is 293 g/mol. The average Bonchev–Trinajstić information content (AvgIpc) is 2.42. The van der Waals surface area contributed by atoms with Gasteiger partial charge >= 0.3 is 5.97 Å². The van der Waals surface area contributed by atoms with Crippen LogP contribution in [-0.4, -0.2) is 35.7 Å². The molecule has 0 aliphatic carbocycles. The van der Waals surface area contributed by atoms with Crippen molar-refractivity contribution in [3.8, 4) is 11.5 Å². The first-order valence-corrected chi connectivity index (χ1v) is 6.70. The molecule has 1 aliphatic heterocycles. The molecular weight excluding hydrogens is 274 g/mol. The highest BCUT2D eigenvalue weighted by Gasteiger charge is 2.36. The van der Waals surface area contributed by atoms with Crippen LogP contribution in [0.25, 0.3) is 0 Å². The van der Waals surface area contributed by atoms with Crippen LogP contribution in [-0.2, 0) is 9.59 Å². The van der Waals surface area contributed by atoms with E-state index in [1.807, 2.05) is 6.07 Å². The summed E-state index contributed by atoms with van der Waals surface area (Å²) in [4.78, 5) is 23.5. The van der Waals surface area contributed by atoms with Crippen LogP contribution in [0.5, 0.6) is 11.5 Å². The van der Waals surface area contributed by atoms with Crippen LogP contribution in [0.3, 0.4) is 0 Å². The fraction of sp³-hybridized carbons (Fsp3) is 0.467. The molecule has 0 radical (unpaired) electrons. The van der Waals surface area contributed by atoms with Crippen LogP contribution in [0.1, 0.15) is 20.8 Å². The molecular formula is C15H19NO5. The number of fused-ring (bicyclic) bond motifs is 1. The zero-order valence-electron chi connectivity index (χ0n) is 12.3. The number of carboxylic acid groups (broad SMARTS) is 1. The number of carboxylic acids is 1. The number of benzene rings is 1. The van der Waals surface area contributed by atoms with Gasteiger partial charge in [0.1, 0.15) is 12.6 Å². The Hall–Kier alpha value is -2.24. The molecule has 1 unspecified atom stereocenters. The first-order valence-electron chi connectivity index (χ1n) is 6.70. The van der Waals surface area contributed by atoms with Gasteiger partial charge in [-0.2, -0.15) is 0 Å². The van der Waals surface area contributed by atoms with E-state index in [4.69, 9.17) is 9.47 Å². The molecule has 0 fully saturated rings. The van der Waals surface area contributed by atoms with Gasteiger partial charge < -0.3 is 19.9 Å². The molecule has 1 aromatic carbocycles. The summed E-state index contributed by atoms with van der Waals surface area (Å²) in [5.74, 6) is -0.515. The molecule has 0 spiro atoms. The minimum Gasteiger partial charge on any atom is -0.485 e. The lowest BCUT2D eigenvalue weighted by molar-refractivity contribution is -0.146. The van der Waals surface area contributed by atoms with E-state index in [1.54, 1.807) is 39.0 Å². The summed E-state index contributed by atoms with van der Waals surface area (Å²) in [7, 11) is 0. The number of carbonyl (C=O) groups excluding carboxylic acids is 1. The number of carbonyl (C=O) groups is 2. The molecule has 114 valence electrons. The first kappa shape index (κ1) is 15.2. The SMILES string of the molecule is CC(C)(C)[C@@H](NC(=O)C1COc2ccccc2O1)C(=O)O. The van der Waals surface area contributed by atoms with E-state index >= 15 is 0 Å². The topological polar surface area (TPSA) is 84.9 Å². The summed E-state index contributed by atoms with van der Waals surface area (Å²) in [5, 5.41) is 11.7. The van der Waals surface area contributed by atoms with Gasteiger partial charge in [-0.3, -0.25) is 4.79 Å². The highest BCUT2D eigenvalue weighted by Crippen LogP contribution is 2.31. The summed E-state index contributed by atoms with van der Waals surface area (Å²) in [6, 6.07) is 6.04. The molecule has 1 heterocycles. The maximum Gasteiger partial charge on any atom is 0.326 e. The Labute approximate surface area is 123 Å². The molecule has 2 atom stereocenters. The number of hydrogen-bond donors (Lipinski definition) is 2. The van der Waals surface area contributed by atoms with E-state index in [1.165, 1.54) is 0 Å². The molecule has 0 saturated carbocycles. The summed E-state index contributed by atoms with van der Waals surface area (Å²) in [5.41, 5.74) is -0.602. The highest BCUT2D eigenvalue weighted by molar-refractivity contribution is 5.87. The number of nitrogens with one attached hydrogen (secondary N) is 1. The Morgan fingerprint density at radius 2 is 1.90 bits per heavy atom. The Balaban J connectivity index is 2.06. The maximum absolute atomic E-state index is 12.2. The van der Waals surface area contributed by atoms with Gasteiger partial charge in [-0.05, 0) is 17.5 Å². The van der Waals surface area contributed by atoms with E-state index in [0.717, 1.165) is 0 Å². The predicted octanol–water partition coefficient (Wildman–Crippen LogP) is 1.44. The quantitative estimate of drug-likeness (QED) is 0.881. The van der Waals surface area contributed by atoms with Crippen LogP contribution in [0.2, 0.25) is 0 Å². The number of hydrogen-bond acceptors (Lipinski definition) is 4. The van der Waals surface area contributed by atoms with Gasteiger partial charge in [0.15, 0.2) is 11.5 Å². The number of ether oxygens (including phenoxy) is 2. The Kier molecular flexibility index (Phi) is 4.06. The third-order valence-electron chi connectivity index (χ3n) is 3.20. The van der Waals surface area contributed by atoms with E-state index < -0.39 is 29.4 Å². The molecule has 21 heavy (non-hydrogen) atoms. The molecule has 2 rings (SSSR count). The van der Waals surface area contributed by atoms with E-state index in [2.05, 4.69) is 5.32 Å². The van der Waals surface area contributed by atoms with Gasteiger partial charge in [-0.1, -0.05) is 32.9 Å². The van der Waals surface area contributed by atoms with Crippen molar-refractivity contribution in [2.75, 3.05) is 6.61 Å². The second-order valence-corrected chi connectivity index (χ2v) is 6.01. The van der Waals surface area contributed by atoms with Crippen molar-refractivity contribution in [1.82, 2.24) is 5.32 Å². The normalized spacial score (nSPS) is 18.7. The van der Waals surface area contributed by atoms with Crippen LogP contribution in [0, 0.1) is 5.41 Å². The van der Waals surface area contributed by atoms with Crippen molar-refractivity contribution in [1.29, 1.82) is 0 Å². The smallest absolute Gasteiger partial charge is 0.326 e. The van der Waals surface area contributed by atoms with Gasteiger partial charge in [-0.25, -0.2) is 4.79 Å². The zero-order valence-corrected chi connectivity index (χ0v) is 12.3. The largest absolute Gasteiger partial charge is 0.485 e. The lowest BCUT2D eigenvalue weighted by atomic mass is 9.86. The third-order valence-corrected chi connectivity index (χ3v) is 3.20. The minimum absolute atomic E-state index is 0.0549. The van der Waals surface area contributed by atoms with Crippen molar-refractivity contribution in [3.05, 3.63) is 24.3 Å². The van der Waals surface area contributed by atoms with Gasteiger partial charge in [0, 0.05) is 0 Å². The van der Waals surface area contributed by atoms with Crippen molar-refractivity contribution < 1.29 is 24.2 Å². The molecule has 1 aliphatic rings. The van der Waals surface area contributed by atoms with Crippen molar-refractivity contribution in [2.45, 2.75) is 32.9 Å². The Morgan fingerprint density at radius 3 is 2.48 bits per heavy atom. The van der Waals surface area contributed by atoms with E-state index in [-0.39, 0.29) is 6.61 Å². The number of aliphatic carboxylic acids is 1. The maximum atomic E-state index is 12.2. The highest BCUT2D eigenvalue weighted by atomic mass is 16.6. The second kappa shape index (κ2) is 5.63. The summed E-state index contributed by atoms with van der Waals surface area (Å²) in [6.07, 6.45) is -0.857. The fourth-order valence-corrected chi connectivity index (χ4v) is 2.03. The number of rotatable bonds is 3. The van der Waals surface area contributed by atoms with Gasteiger partial charge in [0.2, 0.25) is 6.10 Å². The van der Waals surface area contributed by atoms with Crippen LogP contribution >= 0.6 is 0 Å². The standard InChI is InChI=1S/C15H19NO5/c1-15(2,3)12(14(18)19)16-13(17)11-8-20-9-6-4-5-7-10(9)21-11/h4-7,11-12H,8H2,1-3H3,(H,16,17)(H,18,19)/t11?,12-/m0/s1. The number of para-hydroxylation sites is 2. The van der Waals surface area contributed by atoms with Crippen LogP contribution in [0.4, 0.5) is 0 Å². The van der Waals surface area contributed by atoms with Crippen molar-refractivity contribution >= 4 is 11.9 Å². The predicted molar refractivity (Wildman–Crippen MR) is 75.4 cm³/mol. The third kappa shape index (κ3) is 3.45. The second-order valence-electron chi connectivity index (χ2n) is 6.01. The lowest BCUT2D eigenvalue weighted by Gasteiger charge is -2.31. The zero-order chi connectivity index (χ0) is 15.6. The van der Waals surface area contributed by atoms with Gasteiger partial charge in [0.05, 0.1) is 0 Å².